The van der Waals surface area contributed by atoms with E-state index in [-0.39, 0.29) is 11.9 Å². The van der Waals surface area contributed by atoms with Crippen molar-refractivity contribution >= 4 is 5.91 Å². The maximum absolute atomic E-state index is 11.6. The number of hydrogen-bond donors (Lipinski definition) is 1. The van der Waals surface area contributed by atoms with Crippen molar-refractivity contribution < 1.29 is 4.79 Å². The first kappa shape index (κ1) is 9.93. The van der Waals surface area contributed by atoms with E-state index in [2.05, 4.69) is 22.2 Å². The molecule has 2 aliphatic heterocycles. The summed E-state index contributed by atoms with van der Waals surface area (Å²) in [5.74, 6) is 0.237. The van der Waals surface area contributed by atoms with Gasteiger partial charge in [0.05, 0.1) is 6.04 Å². The molecule has 0 aromatic heterocycles. The Morgan fingerprint density at radius 3 is 2.64 bits per heavy atom. The first-order valence-electron chi connectivity index (χ1n) is 5.47. The SMILES string of the molecule is CN1CCN([C@@H]2CCCNC2=O)CC1. The molecular formula is C10H19N3O. The lowest BCUT2D eigenvalue weighted by atomic mass is 10.0. The summed E-state index contributed by atoms with van der Waals surface area (Å²) < 4.78 is 0. The van der Waals surface area contributed by atoms with E-state index in [0.29, 0.717) is 0 Å². The van der Waals surface area contributed by atoms with Gasteiger partial charge in [-0.25, -0.2) is 0 Å². The van der Waals surface area contributed by atoms with E-state index in [1.807, 2.05) is 0 Å². The number of carbonyl (C=O) groups excluding carboxylic acids is 1. The number of nitrogens with zero attached hydrogens (tertiary/aromatic N) is 2. The number of amides is 1. The third kappa shape index (κ3) is 2.07. The van der Waals surface area contributed by atoms with Crippen LogP contribution in [0.3, 0.4) is 0 Å². The van der Waals surface area contributed by atoms with Crippen LogP contribution < -0.4 is 5.32 Å². The van der Waals surface area contributed by atoms with E-state index in [1.54, 1.807) is 0 Å². The van der Waals surface area contributed by atoms with E-state index < -0.39 is 0 Å². The van der Waals surface area contributed by atoms with Crippen molar-refractivity contribution in [1.82, 2.24) is 15.1 Å². The van der Waals surface area contributed by atoms with Crippen LogP contribution in [0.5, 0.6) is 0 Å². The Bertz CT molecular complexity index is 211. The molecule has 2 aliphatic rings. The molecule has 0 aromatic carbocycles. The highest BCUT2D eigenvalue weighted by Crippen LogP contribution is 2.13. The smallest absolute Gasteiger partial charge is 0.237 e. The lowest BCUT2D eigenvalue weighted by molar-refractivity contribution is -0.128. The third-order valence-corrected chi connectivity index (χ3v) is 3.23. The van der Waals surface area contributed by atoms with Gasteiger partial charge in [0.2, 0.25) is 5.91 Å². The van der Waals surface area contributed by atoms with Crippen LogP contribution in [0.1, 0.15) is 12.8 Å². The van der Waals surface area contributed by atoms with Crippen LogP contribution in [0.4, 0.5) is 0 Å². The number of hydrogen-bond acceptors (Lipinski definition) is 3. The summed E-state index contributed by atoms with van der Waals surface area (Å²) in [6.45, 7) is 5.11. The van der Waals surface area contributed by atoms with E-state index in [1.165, 1.54) is 0 Å². The summed E-state index contributed by atoms with van der Waals surface area (Å²) in [6.07, 6.45) is 2.16. The van der Waals surface area contributed by atoms with Gasteiger partial charge in [-0.1, -0.05) is 0 Å². The minimum Gasteiger partial charge on any atom is -0.355 e. The fourth-order valence-corrected chi connectivity index (χ4v) is 2.24. The normalized spacial score (nSPS) is 31.5. The topological polar surface area (TPSA) is 35.6 Å². The molecule has 0 spiro atoms. The zero-order chi connectivity index (χ0) is 9.97. The van der Waals surface area contributed by atoms with E-state index in [9.17, 15) is 4.79 Å². The molecule has 2 heterocycles. The first-order valence-corrected chi connectivity index (χ1v) is 5.47. The molecule has 14 heavy (non-hydrogen) atoms. The van der Waals surface area contributed by atoms with Gasteiger partial charge < -0.3 is 10.2 Å². The molecule has 1 N–H and O–H groups in total. The van der Waals surface area contributed by atoms with Crippen LogP contribution in [0.25, 0.3) is 0 Å². The summed E-state index contributed by atoms with van der Waals surface area (Å²) in [7, 11) is 2.14. The second-order valence-electron chi connectivity index (χ2n) is 4.29. The van der Waals surface area contributed by atoms with Crippen molar-refractivity contribution in [1.29, 1.82) is 0 Å². The summed E-state index contributed by atoms with van der Waals surface area (Å²) in [5.41, 5.74) is 0. The molecule has 0 aromatic rings. The highest BCUT2D eigenvalue weighted by molar-refractivity contribution is 5.82. The molecule has 2 fully saturated rings. The number of piperazine rings is 1. The van der Waals surface area contributed by atoms with Gasteiger partial charge in [0.15, 0.2) is 0 Å². The van der Waals surface area contributed by atoms with Crippen molar-refractivity contribution in [3.8, 4) is 0 Å². The minimum atomic E-state index is 0.150. The molecule has 0 bridgehead atoms. The predicted molar refractivity (Wildman–Crippen MR) is 55.1 cm³/mol. The Morgan fingerprint density at radius 2 is 2.00 bits per heavy atom. The second-order valence-corrected chi connectivity index (χ2v) is 4.29. The fourth-order valence-electron chi connectivity index (χ4n) is 2.24. The molecule has 2 saturated heterocycles. The molecule has 4 nitrogen and oxygen atoms in total. The second kappa shape index (κ2) is 4.28. The Balaban J connectivity index is 1.90. The van der Waals surface area contributed by atoms with Crippen LogP contribution in [0, 0.1) is 0 Å². The largest absolute Gasteiger partial charge is 0.355 e. The van der Waals surface area contributed by atoms with Gasteiger partial charge in [0, 0.05) is 32.7 Å². The Labute approximate surface area is 85.2 Å². The Kier molecular flexibility index (Phi) is 3.03. The summed E-state index contributed by atoms with van der Waals surface area (Å²) in [6, 6.07) is 0.150. The van der Waals surface area contributed by atoms with Crippen molar-refractivity contribution in [3.05, 3.63) is 0 Å². The number of likely N-dealkylation sites (N-methyl/N-ethyl adjacent to an activating group) is 1. The lowest BCUT2D eigenvalue weighted by Crippen LogP contribution is -2.56. The highest BCUT2D eigenvalue weighted by Gasteiger charge is 2.29. The van der Waals surface area contributed by atoms with Crippen molar-refractivity contribution in [2.75, 3.05) is 39.8 Å². The lowest BCUT2D eigenvalue weighted by Gasteiger charge is -2.38. The van der Waals surface area contributed by atoms with E-state index >= 15 is 0 Å². The third-order valence-electron chi connectivity index (χ3n) is 3.23. The monoisotopic (exact) mass is 197 g/mol. The summed E-state index contributed by atoms with van der Waals surface area (Å²) in [5, 5.41) is 2.95. The zero-order valence-electron chi connectivity index (χ0n) is 8.83. The van der Waals surface area contributed by atoms with Gasteiger partial charge >= 0.3 is 0 Å². The van der Waals surface area contributed by atoms with Crippen LogP contribution in [-0.2, 0) is 4.79 Å². The average molecular weight is 197 g/mol. The van der Waals surface area contributed by atoms with Crippen LogP contribution in [-0.4, -0.2) is 61.5 Å². The van der Waals surface area contributed by atoms with Crippen molar-refractivity contribution in [3.63, 3.8) is 0 Å². The summed E-state index contributed by atoms with van der Waals surface area (Å²) >= 11 is 0. The van der Waals surface area contributed by atoms with Gasteiger partial charge in [-0.2, -0.15) is 0 Å². The number of nitrogens with one attached hydrogen (secondary N) is 1. The van der Waals surface area contributed by atoms with Gasteiger partial charge in [0.1, 0.15) is 0 Å². The minimum absolute atomic E-state index is 0.150. The maximum atomic E-state index is 11.6. The van der Waals surface area contributed by atoms with Crippen LogP contribution in [0.2, 0.25) is 0 Å². The number of piperidine rings is 1. The van der Waals surface area contributed by atoms with Crippen molar-refractivity contribution in [2.24, 2.45) is 0 Å². The molecule has 1 atom stereocenters. The quantitative estimate of drug-likeness (QED) is 0.616. The van der Waals surface area contributed by atoms with E-state index in [0.717, 1.165) is 45.6 Å². The average Bonchev–Trinajstić information content (AvgIpc) is 2.20. The number of carbonyl (C=O) groups is 1. The number of rotatable bonds is 1. The molecule has 2 rings (SSSR count). The van der Waals surface area contributed by atoms with Crippen molar-refractivity contribution in [2.45, 2.75) is 18.9 Å². The first-order chi connectivity index (χ1) is 6.77. The van der Waals surface area contributed by atoms with Gasteiger partial charge in [-0.3, -0.25) is 9.69 Å². The molecule has 80 valence electrons. The maximum Gasteiger partial charge on any atom is 0.237 e. The fraction of sp³-hybridized carbons (Fsp3) is 0.900. The molecular weight excluding hydrogens is 178 g/mol. The van der Waals surface area contributed by atoms with Gasteiger partial charge in [0.25, 0.3) is 0 Å². The van der Waals surface area contributed by atoms with E-state index in [4.69, 9.17) is 0 Å². The molecule has 0 radical (unpaired) electrons. The summed E-state index contributed by atoms with van der Waals surface area (Å²) in [4.78, 5) is 16.3. The predicted octanol–water partition coefficient (Wildman–Crippen LogP) is -0.488. The van der Waals surface area contributed by atoms with Crippen LogP contribution >= 0.6 is 0 Å². The molecule has 0 aliphatic carbocycles. The zero-order valence-corrected chi connectivity index (χ0v) is 8.83. The Morgan fingerprint density at radius 1 is 1.29 bits per heavy atom. The standard InChI is InChI=1S/C10H19N3O/c1-12-5-7-13(8-6-12)9-3-2-4-11-10(9)14/h9H,2-8H2,1H3,(H,11,14)/t9-/m1/s1. The molecule has 0 unspecified atom stereocenters. The van der Waals surface area contributed by atoms with Gasteiger partial charge in [-0.05, 0) is 19.9 Å². The molecule has 1 amide bonds. The highest BCUT2D eigenvalue weighted by atomic mass is 16.2. The van der Waals surface area contributed by atoms with Gasteiger partial charge in [-0.15, -0.1) is 0 Å². The Hall–Kier alpha value is -0.610. The molecule has 4 heteroatoms. The van der Waals surface area contributed by atoms with Crippen LogP contribution in [0.15, 0.2) is 0 Å². The molecule has 0 saturated carbocycles.